The van der Waals surface area contributed by atoms with Gasteiger partial charge >= 0.3 is 11.9 Å². The summed E-state index contributed by atoms with van der Waals surface area (Å²) in [5.74, 6) is -1.59. The molecule has 0 spiro atoms. The van der Waals surface area contributed by atoms with Crippen molar-refractivity contribution in [2.45, 2.75) is 40.2 Å². The molecule has 0 saturated heterocycles. The van der Waals surface area contributed by atoms with Crippen LogP contribution in [0.5, 0.6) is 0 Å². The topological polar surface area (TPSA) is 70.4 Å². The minimum atomic E-state index is -0.658. The molecular formula is C20H23FN2O4. The molecular weight excluding hydrogens is 351 g/mol. The molecule has 6 nitrogen and oxygen atoms in total. The van der Waals surface area contributed by atoms with Crippen LogP contribution in [0.25, 0.3) is 11.8 Å². The lowest BCUT2D eigenvalue weighted by molar-refractivity contribution is -0.164. The molecule has 0 saturated carbocycles. The van der Waals surface area contributed by atoms with E-state index in [4.69, 9.17) is 9.47 Å². The van der Waals surface area contributed by atoms with Crippen LogP contribution >= 0.6 is 0 Å². The quantitative estimate of drug-likeness (QED) is 0.591. The third kappa shape index (κ3) is 5.77. The maximum atomic E-state index is 13.1. The molecule has 27 heavy (non-hydrogen) atoms. The molecule has 0 aliphatic heterocycles. The number of rotatable bonds is 5. The number of hydrogen-bond donors (Lipinski definition) is 0. The summed E-state index contributed by atoms with van der Waals surface area (Å²) in [6, 6.07) is 5.96. The first-order chi connectivity index (χ1) is 12.6. The highest BCUT2D eigenvalue weighted by atomic mass is 19.1. The fourth-order valence-electron chi connectivity index (χ4n) is 2.43. The van der Waals surface area contributed by atoms with Crippen molar-refractivity contribution in [1.82, 2.24) is 9.78 Å². The van der Waals surface area contributed by atoms with Gasteiger partial charge in [-0.1, -0.05) is 0 Å². The van der Waals surface area contributed by atoms with E-state index in [1.54, 1.807) is 50.6 Å². The van der Waals surface area contributed by atoms with Crippen LogP contribution in [0.15, 0.2) is 30.3 Å². The normalized spacial score (nSPS) is 11.6. The second kappa shape index (κ2) is 8.16. The van der Waals surface area contributed by atoms with Crippen molar-refractivity contribution in [3.05, 3.63) is 53.1 Å². The summed E-state index contributed by atoms with van der Waals surface area (Å²) in [6.45, 7) is 8.39. The van der Waals surface area contributed by atoms with E-state index >= 15 is 0 Å². The number of esters is 2. The highest BCUT2D eigenvalue weighted by Crippen LogP contribution is 2.19. The lowest BCUT2D eigenvalue weighted by Crippen LogP contribution is -2.27. The second-order valence-electron chi connectivity index (χ2n) is 7.00. The number of hydrogen-bond acceptors (Lipinski definition) is 5. The van der Waals surface area contributed by atoms with Gasteiger partial charge < -0.3 is 9.47 Å². The van der Waals surface area contributed by atoms with Crippen molar-refractivity contribution in [2.75, 3.05) is 6.61 Å². The Labute approximate surface area is 157 Å². The van der Waals surface area contributed by atoms with E-state index in [9.17, 15) is 14.0 Å². The third-order valence-electron chi connectivity index (χ3n) is 3.56. The zero-order valence-corrected chi connectivity index (χ0v) is 16.1. The van der Waals surface area contributed by atoms with Crippen LogP contribution < -0.4 is 0 Å². The van der Waals surface area contributed by atoms with Gasteiger partial charge in [0, 0.05) is 17.3 Å². The average molecular weight is 374 g/mol. The van der Waals surface area contributed by atoms with E-state index in [0.29, 0.717) is 11.4 Å². The molecule has 1 aromatic heterocycles. The molecule has 0 fully saturated rings. The van der Waals surface area contributed by atoms with Crippen molar-refractivity contribution in [2.24, 2.45) is 0 Å². The molecule has 0 radical (unpaired) electrons. The minimum Gasteiger partial charge on any atom is -0.457 e. The standard InChI is InChI=1S/C20H23FN2O4/c1-13-17(10-11-18(24)26-12-19(25)27-20(3,4)5)14(2)23(22-13)16-8-6-15(21)7-9-16/h6-11H,12H2,1-5H3/b11-10+. The minimum absolute atomic E-state index is 0.326. The summed E-state index contributed by atoms with van der Waals surface area (Å²) in [4.78, 5) is 23.4. The van der Waals surface area contributed by atoms with E-state index in [0.717, 1.165) is 11.3 Å². The van der Waals surface area contributed by atoms with Crippen LogP contribution in [0, 0.1) is 19.7 Å². The smallest absolute Gasteiger partial charge is 0.344 e. The summed E-state index contributed by atoms with van der Waals surface area (Å²) in [6.07, 6.45) is 2.81. The molecule has 0 bridgehead atoms. The van der Waals surface area contributed by atoms with Gasteiger partial charge in [-0.2, -0.15) is 5.10 Å². The van der Waals surface area contributed by atoms with E-state index in [1.807, 2.05) is 6.92 Å². The van der Waals surface area contributed by atoms with Gasteiger partial charge in [0.05, 0.1) is 11.4 Å². The largest absolute Gasteiger partial charge is 0.457 e. The maximum Gasteiger partial charge on any atom is 0.344 e. The van der Waals surface area contributed by atoms with Crippen molar-refractivity contribution in [3.63, 3.8) is 0 Å². The predicted molar refractivity (Wildman–Crippen MR) is 98.8 cm³/mol. The highest BCUT2D eigenvalue weighted by molar-refractivity contribution is 5.89. The van der Waals surface area contributed by atoms with Crippen molar-refractivity contribution >= 4 is 18.0 Å². The van der Waals surface area contributed by atoms with Crippen LogP contribution in [0.3, 0.4) is 0 Å². The van der Waals surface area contributed by atoms with Crippen LogP contribution in [-0.4, -0.2) is 33.9 Å². The monoisotopic (exact) mass is 374 g/mol. The zero-order chi connectivity index (χ0) is 20.2. The summed E-state index contributed by atoms with van der Waals surface area (Å²) >= 11 is 0. The molecule has 0 aliphatic carbocycles. The van der Waals surface area contributed by atoms with Gasteiger partial charge in [-0.15, -0.1) is 0 Å². The zero-order valence-electron chi connectivity index (χ0n) is 16.1. The molecule has 2 aromatic rings. The lowest BCUT2D eigenvalue weighted by atomic mass is 10.2. The van der Waals surface area contributed by atoms with E-state index < -0.39 is 24.1 Å². The fraction of sp³-hybridized carbons (Fsp3) is 0.350. The first-order valence-electron chi connectivity index (χ1n) is 8.45. The molecule has 1 aromatic carbocycles. The van der Waals surface area contributed by atoms with E-state index in [-0.39, 0.29) is 5.82 Å². The molecule has 0 atom stereocenters. The van der Waals surface area contributed by atoms with Crippen LogP contribution in [0.2, 0.25) is 0 Å². The Kier molecular flexibility index (Phi) is 6.15. The Hall–Kier alpha value is -2.96. The molecule has 0 unspecified atom stereocenters. The van der Waals surface area contributed by atoms with E-state index in [2.05, 4.69) is 5.10 Å². The second-order valence-corrected chi connectivity index (χ2v) is 7.00. The lowest BCUT2D eigenvalue weighted by Gasteiger charge is -2.19. The number of nitrogens with zero attached hydrogens (tertiary/aromatic N) is 2. The van der Waals surface area contributed by atoms with Gasteiger partial charge in [0.25, 0.3) is 0 Å². The van der Waals surface area contributed by atoms with Crippen LogP contribution in [0.1, 0.15) is 37.7 Å². The Balaban J connectivity index is 2.05. The van der Waals surface area contributed by atoms with Crippen LogP contribution in [0.4, 0.5) is 4.39 Å². The van der Waals surface area contributed by atoms with Crippen molar-refractivity contribution in [1.29, 1.82) is 0 Å². The third-order valence-corrected chi connectivity index (χ3v) is 3.56. The highest BCUT2D eigenvalue weighted by Gasteiger charge is 2.17. The molecule has 0 amide bonds. The Bertz CT molecular complexity index is 861. The number of ether oxygens (including phenoxy) is 2. The number of aromatic nitrogens is 2. The summed E-state index contributed by atoms with van der Waals surface area (Å²) in [5.41, 5.74) is 2.31. The van der Waals surface area contributed by atoms with Crippen molar-refractivity contribution < 1.29 is 23.5 Å². The molecule has 144 valence electrons. The number of benzene rings is 1. The molecule has 2 rings (SSSR count). The van der Waals surface area contributed by atoms with E-state index in [1.165, 1.54) is 18.2 Å². The summed E-state index contributed by atoms with van der Waals surface area (Å²) in [7, 11) is 0. The summed E-state index contributed by atoms with van der Waals surface area (Å²) in [5, 5.41) is 4.42. The van der Waals surface area contributed by atoms with Gasteiger partial charge in [-0.3, -0.25) is 0 Å². The predicted octanol–water partition coefficient (Wildman–Crippen LogP) is 3.53. The number of carbonyl (C=O) groups excluding carboxylic acids is 2. The Morgan fingerprint density at radius 3 is 2.41 bits per heavy atom. The molecule has 1 heterocycles. The van der Waals surface area contributed by atoms with Crippen molar-refractivity contribution in [3.8, 4) is 5.69 Å². The fourth-order valence-corrected chi connectivity index (χ4v) is 2.43. The first kappa shape index (κ1) is 20.4. The van der Waals surface area contributed by atoms with Gasteiger partial charge in [-0.25, -0.2) is 18.7 Å². The van der Waals surface area contributed by atoms with Gasteiger partial charge in [0.15, 0.2) is 6.61 Å². The maximum absolute atomic E-state index is 13.1. The SMILES string of the molecule is Cc1nn(-c2ccc(F)cc2)c(C)c1/C=C/C(=O)OCC(=O)OC(C)(C)C. The van der Waals surface area contributed by atoms with Crippen LogP contribution in [-0.2, 0) is 19.1 Å². The van der Waals surface area contributed by atoms with Gasteiger partial charge in [-0.05, 0) is 65.0 Å². The number of halogens is 1. The Morgan fingerprint density at radius 2 is 1.81 bits per heavy atom. The average Bonchev–Trinajstić information content (AvgIpc) is 2.84. The summed E-state index contributed by atoms with van der Waals surface area (Å²) < 4.78 is 24.7. The van der Waals surface area contributed by atoms with Gasteiger partial charge in [0.2, 0.25) is 0 Å². The Morgan fingerprint density at radius 1 is 1.19 bits per heavy atom. The number of carbonyl (C=O) groups is 2. The first-order valence-corrected chi connectivity index (χ1v) is 8.45. The molecule has 0 N–H and O–H groups in total. The molecule has 7 heteroatoms. The molecule has 0 aliphatic rings. The van der Waals surface area contributed by atoms with Gasteiger partial charge in [0.1, 0.15) is 11.4 Å². The number of aryl methyl sites for hydroxylation is 1.